The molecule has 7 rings (SSSR count). The number of anilines is 2. The quantitative estimate of drug-likeness (QED) is 0.0492. The number of carbonyl (C=O) groups is 1. The summed E-state index contributed by atoms with van der Waals surface area (Å²) in [5.41, 5.74) is 17.5. The van der Waals surface area contributed by atoms with Gasteiger partial charge in [-0.15, -0.1) is 5.11 Å². The van der Waals surface area contributed by atoms with E-state index in [9.17, 15) is 9.90 Å². The molecule has 0 aliphatic rings. The highest BCUT2D eigenvalue weighted by Gasteiger charge is 2.22. The van der Waals surface area contributed by atoms with Gasteiger partial charge in [0.1, 0.15) is 11.4 Å². The fourth-order valence-electron chi connectivity index (χ4n) is 5.92. The Labute approximate surface area is 324 Å². The van der Waals surface area contributed by atoms with E-state index < -0.39 is 5.91 Å². The molecule has 0 aliphatic heterocycles. The number of benzene rings is 6. The maximum atomic E-state index is 13.5. The van der Waals surface area contributed by atoms with E-state index in [0.29, 0.717) is 50.0 Å². The molecule has 7 aromatic rings. The number of nitrogens with one attached hydrogen (secondary N) is 2. The molecule has 0 spiro atoms. The summed E-state index contributed by atoms with van der Waals surface area (Å²) >= 11 is 23.6. The molecule has 0 fully saturated rings. The molecule has 1 amide bonds. The van der Waals surface area contributed by atoms with Crippen molar-refractivity contribution in [2.24, 2.45) is 16.0 Å². The number of phenolic OH excluding ortho intramolecular Hbond substituents is 1. The highest BCUT2D eigenvalue weighted by atomic mass is 35.5. The number of nitrogen functional groups attached to an aromatic ring is 1. The summed E-state index contributed by atoms with van der Waals surface area (Å²) in [4.78, 5) is 16.9. The van der Waals surface area contributed by atoms with Crippen LogP contribution in [-0.2, 0) is 0 Å². The molecule has 0 saturated heterocycles. The zero-order valence-electron chi connectivity index (χ0n) is 28.6. The lowest BCUT2D eigenvalue weighted by atomic mass is 10.00. The van der Waals surface area contributed by atoms with Crippen molar-refractivity contribution >= 4 is 113 Å². The molecule has 53 heavy (non-hydrogen) atoms. The van der Waals surface area contributed by atoms with Crippen molar-refractivity contribution in [2.45, 2.75) is 13.8 Å². The second-order valence-corrected chi connectivity index (χ2v) is 13.6. The predicted molar refractivity (Wildman–Crippen MR) is 220 cm³/mol. The van der Waals surface area contributed by atoms with E-state index in [1.54, 1.807) is 56.5 Å². The first-order valence-corrected chi connectivity index (χ1v) is 17.5. The van der Waals surface area contributed by atoms with Gasteiger partial charge in [0, 0.05) is 44.3 Å². The number of H-pyrrole nitrogens is 1. The largest absolute Gasteiger partial charge is 0.505 e. The Balaban J connectivity index is 0.000000290. The normalized spacial score (nSPS) is 11.2. The van der Waals surface area contributed by atoms with E-state index in [1.807, 2.05) is 49.4 Å². The van der Waals surface area contributed by atoms with E-state index in [-0.39, 0.29) is 32.1 Å². The van der Waals surface area contributed by atoms with Gasteiger partial charge in [0.05, 0.1) is 44.0 Å². The minimum absolute atomic E-state index is 0.0828. The number of fused-ring (bicyclic) bond motifs is 5. The van der Waals surface area contributed by atoms with Crippen LogP contribution >= 0.6 is 46.4 Å². The number of methoxy groups -OCH3 is 1. The number of hydrogen-bond acceptors (Lipinski definition) is 7. The maximum absolute atomic E-state index is 13.5. The van der Waals surface area contributed by atoms with Crippen molar-refractivity contribution in [3.63, 3.8) is 0 Å². The van der Waals surface area contributed by atoms with Gasteiger partial charge in [0.15, 0.2) is 5.75 Å². The third kappa shape index (κ3) is 7.29. The summed E-state index contributed by atoms with van der Waals surface area (Å²) in [5, 5.41) is 27.7. The average molecular weight is 787 g/mol. The number of ether oxygens (including phenoxy) is 1. The summed E-state index contributed by atoms with van der Waals surface area (Å²) in [6.07, 6.45) is 0. The van der Waals surface area contributed by atoms with Gasteiger partial charge in [0.2, 0.25) is 0 Å². The first-order valence-electron chi connectivity index (χ1n) is 16.0. The summed E-state index contributed by atoms with van der Waals surface area (Å²) in [6, 6.07) is 25.9. The standard InChI is InChI=1S/C31H25N5O3.C9H7Cl4N/c1-17-15-21(39-2)12-14-25(17)34-31(38)24-16-18-7-13-23-22-5-3-4-6-26(22)33-28(23)27(18)29(30(24)37)36-35-20-10-8-19(32)9-11-20;1-3-5(4(2)14)7(11)9(13)8(12)6(3)10/h3-16,33,37H,32H2,1-2H3,(H,34,38);2,14H2,1H3. The number of aromatic hydroxyl groups is 1. The van der Waals surface area contributed by atoms with Crippen LogP contribution in [0.5, 0.6) is 11.5 Å². The van der Waals surface area contributed by atoms with Crippen LogP contribution in [0, 0.1) is 13.8 Å². The highest BCUT2D eigenvalue weighted by molar-refractivity contribution is 6.52. The van der Waals surface area contributed by atoms with Gasteiger partial charge in [0.25, 0.3) is 5.91 Å². The number of nitrogens with two attached hydrogens (primary N) is 2. The SMILES string of the molecule is C=C(N)c1c(C)c(Cl)c(Cl)c(Cl)c1Cl.COc1ccc(NC(=O)c2cc3ccc4c5ccccc5[nH]c4c3c(N=Nc3ccc(N)cc3)c2O)c(C)c1. The van der Waals surface area contributed by atoms with E-state index in [0.717, 1.165) is 32.8 Å². The topological polar surface area (TPSA) is 151 Å². The molecule has 13 heteroatoms. The lowest BCUT2D eigenvalue weighted by Crippen LogP contribution is -2.13. The van der Waals surface area contributed by atoms with Crippen LogP contribution in [0.15, 0.2) is 102 Å². The van der Waals surface area contributed by atoms with Crippen molar-refractivity contribution < 1.29 is 14.6 Å². The van der Waals surface area contributed by atoms with Gasteiger partial charge < -0.3 is 31.6 Å². The van der Waals surface area contributed by atoms with Gasteiger partial charge in [-0.1, -0.05) is 83.3 Å². The number of aromatic amines is 1. The summed E-state index contributed by atoms with van der Waals surface area (Å²) in [5.74, 6) is -0.0494. The summed E-state index contributed by atoms with van der Waals surface area (Å²) in [6.45, 7) is 7.22. The first kappa shape index (κ1) is 37.3. The highest BCUT2D eigenvalue weighted by Crippen LogP contribution is 2.45. The number of nitrogens with zero attached hydrogens (tertiary/aromatic N) is 2. The zero-order valence-corrected chi connectivity index (χ0v) is 31.6. The molecular weight excluding hydrogens is 754 g/mol. The molecule has 1 aromatic heterocycles. The van der Waals surface area contributed by atoms with Gasteiger partial charge >= 0.3 is 0 Å². The molecule has 0 unspecified atom stereocenters. The zero-order chi connectivity index (χ0) is 38.1. The van der Waals surface area contributed by atoms with Crippen molar-refractivity contribution in [2.75, 3.05) is 18.2 Å². The summed E-state index contributed by atoms with van der Waals surface area (Å²) in [7, 11) is 1.59. The van der Waals surface area contributed by atoms with Crippen molar-refractivity contribution in [1.29, 1.82) is 0 Å². The van der Waals surface area contributed by atoms with Gasteiger partial charge in [-0.3, -0.25) is 4.79 Å². The van der Waals surface area contributed by atoms with E-state index >= 15 is 0 Å². The third-order valence-electron chi connectivity index (χ3n) is 8.64. The minimum atomic E-state index is -0.469. The Hall–Kier alpha value is -5.45. The van der Waals surface area contributed by atoms with Crippen molar-refractivity contribution in [1.82, 2.24) is 4.98 Å². The third-order valence-corrected chi connectivity index (χ3v) is 10.5. The lowest BCUT2D eigenvalue weighted by Gasteiger charge is -2.13. The monoisotopic (exact) mass is 784 g/mol. The smallest absolute Gasteiger partial charge is 0.259 e. The number of halogens is 4. The van der Waals surface area contributed by atoms with Gasteiger partial charge in [-0.2, -0.15) is 5.11 Å². The Morgan fingerprint density at radius 1 is 0.868 bits per heavy atom. The van der Waals surface area contributed by atoms with Crippen molar-refractivity contribution in [3.05, 3.63) is 134 Å². The number of phenols is 1. The lowest BCUT2D eigenvalue weighted by molar-refractivity contribution is 0.102. The molecule has 0 radical (unpaired) electrons. The molecule has 0 aliphatic carbocycles. The van der Waals surface area contributed by atoms with E-state index in [2.05, 4.69) is 27.1 Å². The predicted octanol–water partition coefficient (Wildman–Crippen LogP) is 12.3. The van der Waals surface area contributed by atoms with Gasteiger partial charge in [-0.05, 0) is 85.0 Å². The number of azo groups is 1. The number of aryl methyl sites for hydroxylation is 1. The Kier molecular flexibility index (Phi) is 10.7. The van der Waals surface area contributed by atoms with Crippen LogP contribution < -0.4 is 21.5 Å². The second kappa shape index (κ2) is 15.3. The number of para-hydroxylation sites is 1. The van der Waals surface area contributed by atoms with Crippen LogP contribution in [0.1, 0.15) is 27.0 Å². The number of rotatable bonds is 6. The Morgan fingerprint density at radius 3 is 2.25 bits per heavy atom. The molecule has 0 saturated carbocycles. The fraction of sp³-hybridized carbons (Fsp3) is 0.0750. The van der Waals surface area contributed by atoms with E-state index in [4.69, 9.17) is 62.6 Å². The molecule has 9 nitrogen and oxygen atoms in total. The molecule has 268 valence electrons. The molecule has 0 bridgehead atoms. The molecule has 7 N–H and O–H groups in total. The maximum Gasteiger partial charge on any atom is 0.259 e. The fourth-order valence-corrected chi connectivity index (χ4v) is 6.98. The Bertz CT molecular complexity index is 2590. The summed E-state index contributed by atoms with van der Waals surface area (Å²) < 4.78 is 5.26. The molecule has 0 atom stereocenters. The van der Waals surface area contributed by atoms with Crippen LogP contribution in [0.25, 0.3) is 38.3 Å². The average Bonchev–Trinajstić information content (AvgIpc) is 3.53. The molecular formula is C40H32Cl4N6O3. The van der Waals surface area contributed by atoms with Gasteiger partial charge in [-0.25, -0.2) is 0 Å². The number of carbonyl (C=O) groups excluding carboxylic acids is 1. The minimum Gasteiger partial charge on any atom is -0.505 e. The van der Waals surface area contributed by atoms with Crippen molar-refractivity contribution in [3.8, 4) is 11.5 Å². The second-order valence-electron chi connectivity index (χ2n) is 12.1. The van der Waals surface area contributed by atoms with E-state index in [1.165, 1.54) is 0 Å². The first-order chi connectivity index (χ1) is 25.3. The van der Waals surface area contributed by atoms with Crippen LogP contribution in [0.4, 0.5) is 22.7 Å². The molecule has 1 heterocycles. The number of amides is 1. The number of hydrogen-bond donors (Lipinski definition) is 5. The molecule has 6 aromatic carbocycles. The van der Waals surface area contributed by atoms with Crippen LogP contribution in [0.2, 0.25) is 20.1 Å². The number of aromatic nitrogens is 1. The van der Waals surface area contributed by atoms with Crippen LogP contribution in [-0.4, -0.2) is 23.1 Å². The Morgan fingerprint density at radius 2 is 1.57 bits per heavy atom. The van der Waals surface area contributed by atoms with Crippen LogP contribution in [0.3, 0.4) is 0 Å².